The van der Waals surface area contributed by atoms with Gasteiger partial charge in [0.25, 0.3) is 0 Å². The van der Waals surface area contributed by atoms with Crippen LogP contribution in [-0.4, -0.2) is 70.7 Å². The number of para-hydroxylation sites is 1. The molecule has 0 aliphatic carbocycles. The maximum atomic E-state index is 11.6. The van der Waals surface area contributed by atoms with Crippen molar-refractivity contribution >= 4 is 5.97 Å². The van der Waals surface area contributed by atoms with Crippen LogP contribution in [0.3, 0.4) is 0 Å². The van der Waals surface area contributed by atoms with E-state index in [9.17, 15) is 9.90 Å². The van der Waals surface area contributed by atoms with Crippen LogP contribution in [0.4, 0.5) is 0 Å². The summed E-state index contributed by atoms with van der Waals surface area (Å²) in [5.41, 5.74) is 1.73. The lowest BCUT2D eigenvalue weighted by atomic mass is 10.1. The van der Waals surface area contributed by atoms with Crippen LogP contribution in [0.1, 0.15) is 12.0 Å². The standard InChI is InChI=1S/C19H24N4O3/c1-22(2)14-8-16(19(24)25)23(12-14)11-13-9-20-18(21-10-13)15-6-4-5-7-17(15)26-3/h4-7,9-10,14,16H,8,11-12H2,1-3H3,(H,24,25)/t14-,16+/m1/s1. The summed E-state index contributed by atoms with van der Waals surface area (Å²) in [7, 11) is 5.59. The van der Waals surface area contributed by atoms with Gasteiger partial charge in [0, 0.05) is 37.1 Å². The number of likely N-dealkylation sites (tertiary alicyclic amines) is 1. The van der Waals surface area contributed by atoms with E-state index in [1.165, 1.54) is 0 Å². The van der Waals surface area contributed by atoms with Gasteiger partial charge in [-0.15, -0.1) is 0 Å². The van der Waals surface area contributed by atoms with Crippen molar-refractivity contribution in [3.63, 3.8) is 0 Å². The number of aromatic nitrogens is 2. The van der Waals surface area contributed by atoms with E-state index in [0.29, 0.717) is 18.8 Å². The zero-order chi connectivity index (χ0) is 18.7. The summed E-state index contributed by atoms with van der Waals surface area (Å²) in [5.74, 6) is 0.536. The van der Waals surface area contributed by atoms with Gasteiger partial charge in [-0.2, -0.15) is 0 Å². The first-order chi connectivity index (χ1) is 12.5. The molecule has 1 aromatic heterocycles. The number of carboxylic acid groups (broad SMARTS) is 1. The van der Waals surface area contributed by atoms with Crippen LogP contribution in [0, 0.1) is 0 Å². The average molecular weight is 356 g/mol. The van der Waals surface area contributed by atoms with Crippen LogP contribution in [-0.2, 0) is 11.3 Å². The molecule has 0 amide bonds. The zero-order valence-electron chi connectivity index (χ0n) is 15.3. The number of ether oxygens (including phenoxy) is 1. The minimum Gasteiger partial charge on any atom is -0.496 e. The van der Waals surface area contributed by atoms with E-state index in [1.54, 1.807) is 19.5 Å². The van der Waals surface area contributed by atoms with E-state index >= 15 is 0 Å². The molecule has 138 valence electrons. The van der Waals surface area contributed by atoms with Crippen molar-refractivity contribution in [2.75, 3.05) is 27.7 Å². The van der Waals surface area contributed by atoms with Gasteiger partial charge in [-0.05, 0) is 32.6 Å². The highest BCUT2D eigenvalue weighted by atomic mass is 16.5. The third-order valence-electron chi connectivity index (χ3n) is 4.84. The van der Waals surface area contributed by atoms with E-state index in [0.717, 1.165) is 23.4 Å². The van der Waals surface area contributed by atoms with Gasteiger partial charge in [0.05, 0.1) is 12.7 Å². The average Bonchev–Trinajstić information content (AvgIpc) is 3.07. The SMILES string of the molecule is COc1ccccc1-c1ncc(CN2C[C@H](N(C)C)C[C@H]2C(=O)O)cn1. The second kappa shape index (κ2) is 7.80. The van der Waals surface area contributed by atoms with Crippen LogP contribution in [0.5, 0.6) is 5.75 Å². The lowest BCUT2D eigenvalue weighted by Gasteiger charge is -2.21. The van der Waals surface area contributed by atoms with Gasteiger partial charge in [0.1, 0.15) is 11.8 Å². The molecule has 2 aromatic rings. The van der Waals surface area contributed by atoms with E-state index in [2.05, 4.69) is 14.9 Å². The molecular formula is C19H24N4O3. The molecule has 26 heavy (non-hydrogen) atoms. The van der Waals surface area contributed by atoms with Crippen molar-refractivity contribution in [2.24, 2.45) is 0 Å². The Labute approximate surface area is 153 Å². The number of hydrogen-bond acceptors (Lipinski definition) is 6. The third-order valence-corrected chi connectivity index (χ3v) is 4.84. The minimum atomic E-state index is -0.777. The van der Waals surface area contributed by atoms with Gasteiger partial charge in [-0.1, -0.05) is 12.1 Å². The highest BCUT2D eigenvalue weighted by Gasteiger charge is 2.37. The van der Waals surface area contributed by atoms with Crippen molar-refractivity contribution in [2.45, 2.75) is 25.0 Å². The van der Waals surface area contributed by atoms with Gasteiger partial charge in [0.15, 0.2) is 5.82 Å². The van der Waals surface area contributed by atoms with Gasteiger partial charge in [0.2, 0.25) is 0 Å². The zero-order valence-corrected chi connectivity index (χ0v) is 15.3. The number of carbonyl (C=O) groups is 1. The molecule has 0 saturated carbocycles. The maximum Gasteiger partial charge on any atom is 0.320 e. The molecule has 0 unspecified atom stereocenters. The smallest absolute Gasteiger partial charge is 0.320 e. The quantitative estimate of drug-likeness (QED) is 0.844. The van der Waals surface area contributed by atoms with Gasteiger partial charge in [-0.25, -0.2) is 9.97 Å². The highest BCUT2D eigenvalue weighted by molar-refractivity contribution is 5.74. The molecular weight excluding hydrogens is 332 g/mol. The Kier molecular flexibility index (Phi) is 5.49. The molecule has 1 aromatic carbocycles. The van der Waals surface area contributed by atoms with Crippen molar-refractivity contribution in [1.29, 1.82) is 0 Å². The van der Waals surface area contributed by atoms with Gasteiger partial charge >= 0.3 is 5.97 Å². The Morgan fingerprint density at radius 2 is 2.00 bits per heavy atom. The number of likely N-dealkylation sites (N-methyl/N-ethyl adjacent to an activating group) is 1. The number of aliphatic carboxylic acids is 1. The third kappa shape index (κ3) is 3.84. The van der Waals surface area contributed by atoms with Crippen molar-refractivity contribution in [3.8, 4) is 17.1 Å². The number of benzene rings is 1. The summed E-state index contributed by atoms with van der Waals surface area (Å²) < 4.78 is 5.35. The highest BCUT2D eigenvalue weighted by Crippen LogP contribution is 2.27. The fraction of sp³-hybridized carbons (Fsp3) is 0.421. The Morgan fingerprint density at radius 3 is 2.62 bits per heavy atom. The second-order valence-electron chi connectivity index (χ2n) is 6.75. The molecule has 1 aliphatic heterocycles. The van der Waals surface area contributed by atoms with Crippen LogP contribution in [0.15, 0.2) is 36.7 Å². The summed E-state index contributed by atoms with van der Waals surface area (Å²) in [5, 5.41) is 9.51. The molecule has 2 atom stereocenters. The molecule has 2 heterocycles. The van der Waals surface area contributed by atoms with Crippen LogP contribution in [0.2, 0.25) is 0 Å². The normalized spacial score (nSPS) is 20.5. The van der Waals surface area contributed by atoms with Crippen molar-refractivity contribution in [1.82, 2.24) is 19.8 Å². The minimum absolute atomic E-state index is 0.241. The second-order valence-corrected chi connectivity index (χ2v) is 6.75. The predicted octanol–water partition coefficient (Wildman–Crippen LogP) is 1.74. The fourth-order valence-corrected chi connectivity index (χ4v) is 3.32. The van der Waals surface area contributed by atoms with Crippen LogP contribution >= 0.6 is 0 Å². The molecule has 0 bridgehead atoms. The molecule has 0 radical (unpaired) electrons. The molecule has 1 aliphatic rings. The summed E-state index contributed by atoms with van der Waals surface area (Å²) in [6.45, 7) is 1.24. The number of hydrogen-bond donors (Lipinski definition) is 1. The molecule has 1 N–H and O–H groups in total. The van der Waals surface area contributed by atoms with E-state index in [4.69, 9.17) is 4.74 Å². The topological polar surface area (TPSA) is 78.8 Å². The predicted molar refractivity (Wildman–Crippen MR) is 97.9 cm³/mol. The number of rotatable bonds is 6. The molecule has 0 spiro atoms. The van der Waals surface area contributed by atoms with E-state index in [1.807, 2.05) is 43.3 Å². The van der Waals surface area contributed by atoms with Crippen molar-refractivity contribution in [3.05, 3.63) is 42.2 Å². The van der Waals surface area contributed by atoms with Crippen molar-refractivity contribution < 1.29 is 14.6 Å². The number of methoxy groups -OCH3 is 1. The maximum absolute atomic E-state index is 11.6. The monoisotopic (exact) mass is 356 g/mol. The first kappa shape index (κ1) is 18.3. The Morgan fingerprint density at radius 1 is 1.31 bits per heavy atom. The fourth-order valence-electron chi connectivity index (χ4n) is 3.32. The first-order valence-electron chi connectivity index (χ1n) is 8.57. The lowest BCUT2D eigenvalue weighted by Crippen LogP contribution is -2.35. The Balaban J connectivity index is 1.75. The molecule has 1 fully saturated rings. The molecule has 3 rings (SSSR count). The van der Waals surface area contributed by atoms with Gasteiger partial charge < -0.3 is 14.7 Å². The first-order valence-corrected chi connectivity index (χ1v) is 8.57. The molecule has 1 saturated heterocycles. The van der Waals surface area contributed by atoms with Gasteiger partial charge in [-0.3, -0.25) is 9.69 Å². The summed E-state index contributed by atoms with van der Waals surface area (Å²) in [6, 6.07) is 7.36. The summed E-state index contributed by atoms with van der Waals surface area (Å²) >= 11 is 0. The summed E-state index contributed by atoms with van der Waals surface area (Å²) in [4.78, 5) is 24.5. The Bertz CT molecular complexity index is 764. The molecule has 7 heteroatoms. The lowest BCUT2D eigenvalue weighted by molar-refractivity contribution is -0.142. The van der Waals surface area contributed by atoms with Crippen LogP contribution < -0.4 is 4.74 Å². The van der Waals surface area contributed by atoms with E-state index < -0.39 is 12.0 Å². The molecule has 7 nitrogen and oxygen atoms in total. The number of carboxylic acids is 1. The summed E-state index contributed by atoms with van der Waals surface area (Å²) in [6.07, 6.45) is 4.15. The largest absolute Gasteiger partial charge is 0.496 e. The Hall–Kier alpha value is -2.51. The van der Waals surface area contributed by atoms with Crippen LogP contribution in [0.25, 0.3) is 11.4 Å². The van der Waals surface area contributed by atoms with E-state index in [-0.39, 0.29) is 6.04 Å². The number of nitrogens with zero attached hydrogens (tertiary/aromatic N) is 4.